The first-order chi connectivity index (χ1) is 11.0. The van der Waals surface area contributed by atoms with E-state index in [1.165, 1.54) is 0 Å². The van der Waals surface area contributed by atoms with Crippen LogP contribution in [0.15, 0.2) is 12.1 Å². The van der Waals surface area contributed by atoms with Crippen LogP contribution < -0.4 is 15.0 Å². The van der Waals surface area contributed by atoms with Crippen LogP contribution in [-0.4, -0.2) is 60.5 Å². The van der Waals surface area contributed by atoms with E-state index >= 15 is 0 Å². The number of anilines is 1. The monoisotopic (exact) mass is 321 g/mol. The molecular weight excluding hydrogens is 294 g/mol. The number of hydrogen-bond donors (Lipinski definition) is 1. The Kier molecular flexibility index (Phi) is 6.01. The average molecular weight is 321 g/mol. The van der Waals surface area contributed by atoms with E-state index in [0.717, 1.165) is 25.1 Å². The fourth-order valence-corrected chi connectivity index (χ4v) is 2.55. The van der Waals surface area contributed by atoms with Crippen molar-refractivity contribution < 1.29 is 9.53 Å². The molecule has 2 amide bonds. The quantitative estimate of drug-likeness (QED) is 0.866. The highest BCUT2D eigenvalue weighted by atomic mass is 16.5. The number of urea groups is 1. The summed E-state index contributed by atoms with van der Waals surface area (Å²) in [6.45, 7) is 5.46. The molecule has 0 bridgehead atoms. The minimum absolute atomic E-state index is 0.00107. The predicted octanol–water partition coefficient (Wildman–Crippen LogP) is 1.89. The van der Waals surface area contributed by atoms with E-state index in [1.54, 1.807) is 0 Å². The zero-order valence-electron chi connectivity index (χ0n) is 14.5. The van der Waals surface area contributed by atoms with Crippen molar-refractivity contribution in [1.82, 2.24) is 20.4 Å². The molecule has 1 aromatic rings. The molecular formula is C16H27N5O2. The van der Waals surface area contributed by atoms with E-state index in [-0.39, 0.29) is 18.2 Å². The van der Waals surface area contributed by atoms with Gasteiger partial charge in [0, 0.05) is 39.2 Å². The summed E-state index contributed by atoms with van der Waals surface area (Å²) < 4.78 is 5.83. The van der Waals surface area contributed by atoms with Crippen molar-refractivity contribution >= 4 is 11.8 Å². The van der Waals surface area contributed by atoms with Gasteiger partial charge in [-0.1, -0.05) is 13.8 Å². The highest BCUT2D eigenvalue weighted by Crippen LogP contribution is 2.17. The van der Waals surface area contributed by atoms with Crippen LogP contribution >= 0.6 is 0 Å². The highest BCUT2D eigenvalue weighted by Gasteiger charge is 2.28. The van der Waals surface area contributed by atoms with Gasteiger partial charge in [-0.05, 0) is 18.9 Å². The van der Waals surface area contributed by atoms with Crippen molar-refractivity contribution in [3.05, 3.63) is 12.1 Å². The normalized spacial score (nSPS) is 17.4. The summed E-state index contributed by atoms with van der Waals surface area (Å²) in [5.74, 6) is 1.29. The Morgan fingerprint density at radius 1 is 1.39 bits per heavy atom. The summed E-state index contributed by atoms with van der Waals surface area (Å²) in [6.07, 6.45) is 2.68. The van der Waals surface area contributed by atoms with Crippen LogP contribution in [0.3, 0.4) is 0 Å². The van der Waals surface area contributed by atoms with Crippen LogP contribution in [0.2, 0.25) is 0 Å². The molecule has 1 aliphatic rings. The Labute approximate surface area is 138 Å². The molecule has 1 aromatic heterocycles. The van der Waals surface area contributed by atoms with Gasteiger partial charge in [0.25, 0.3) is 0 Å². The van der Waals surface area contributed by atoms with E-state index < -0.39 is 0 Å². The Balaban J connectivity index is 1.84. The van der Waals surface area contributed by atoms with E-state index in [9.17, 15) is 4.79 Å². The van der Waals surface area contributed by atoms with Gasteiger partial charge in [0.1, 0.15) is 6.10 Å². The first-order valence-electron chi connectivity index (χ1n) is 8.26. The zero-order chi connectivity index (χ0) is 16.8. The molecule has 1 fully saturated rings. The van der Waals surface area contributed by atoms with Gasteiger partial charge in [-0.3, -0.25) is 0 Å². The molecule has 1 atom stereocenters. The molecule has 0 aliphatic carbocycles. The zero-order valence-corrected chi connectivity index (χ0v) is 14.5. The topological polar surface area (TPSA) is 70.6 Å². The van der Waals surface area contributed by atoms with E-state index in [1.807, 2.05) is 36.0 Å². The van der Waals surface area contributed by atoms with Crippen LogP contribution in [-0.2, 0) is 0 Å². The number of aromatic nitrogens is 2. The molecule has 1 aliphatic heterocycles. The summed E-state index contributed by atoms with van der Waals surface area (Å²) in [5.41, 5.74) is 0. The summed E-state index contributed by atoms with van der Waals surface area (Å²) >= 11 is 0. The number of carbonyl (C=O) groups excluding carboxylic acids is 1. The molecule has 0 spiro atoms. The van der Waals surface area contributed by atoms with Gasteiger partial charge in [0.15, 0.2) is 5.82 Å². The van der Waals surface area contributed by atoms with Gasteiger partial charge in [0.2, 0.25) is 5.88 Å². The van der Waals surface area contributed by atoms with Crippen LogP contribution in [0.1, 0.15) is 33.1 Å². The fraction of sp³-hybridized carbons (Fsp3) is 0.688. The number of nitrogens with zero attached hydrogens (tertiary/aromatic N) is 4. The molecule has 2 rings (SSSR count). The third-order valence-corrected chi connectivity index (χ3v) is 4.12. The lowest BCUT2D eigenvalue weighted by atomic mass is 10.2. The molecule has 1 N–H and O–H groups in total. The second kappa shape index (κ2) is 7.99. The van der Waals surface area contributed by atoms with Crippen LogP contribution in [0.4, 0.5) is 10.6 Å². The lowest BCUT2D eigenvalue weighted by molar-refractivity contribution is 0.179. The lowest BCUT2D eigenvalue weighted by Crippen LogP contribution is -2.44. The number of hydrogen-bond acceptors (Lipinski definition) is 5. The maximum absolute atomic E-state index is 12.2. The Hall–Kier alpha value is -2.05. The minimum Gasteiger partial charge on any atom is -0.471 e. The third kappa shape index (κ3) is 4.71. The Bertz CT molecular complexity index is 502. The molecule has 128 valence electrons. The van der Waals surface area contributed by atoms with Gasteiger partial charge in [-0.15, -0.1) is 10.2 Å². The van der Waals surface area contributed by atoms with E-state index in [4.69, 9.17) is 4.74 Å². The van der Waals surface area contributed by atoms with Crippen molar-refractivity contribution in [3.8, 4) is 5.88 Å². The molecule has 0 radical (unpaired) electrons. The summed E-state index contributed by atoms with van der Waals surface area (Å²) in [5, 5.41) is 11.2. The second-order valence-corrected chi connectivity index (χ2v) is 6.06. The molecule has 1 unspecified atom stereocenters. The highest BCUT2D eigenvalue weighted by molar-refractivity contribution is 5.74. The molecule has 23 heavy (non-hydrogen) atoms. The summed E-state index contributed by atoms with van der Waals surface area (Å²) in [6, 6.07) is 3.93. The van der Waals surface area contributed by atoms with Crippen molar-refractivity contribution in [1.29, 1.82) is 0 Å². The molecule has 2 heterocycles. The lowest BCUT2D eigenvalue weighted by Gasteiger charge is -2.21. The number of carbonyl (C=O) groups is 1. The van der Waals surface area contributed by atoms with Crippen molar-refractivity contribution in [3.63, 3.8) is 0 Å². The maximum Gasteiger partial charge on any atom is 0.317 e. The third-order valence-electron chi connectivity index (χ3n) is 4.12. The standard InChI is InChI=1S/C16H27N5O2/c1-5-12(6-2)17-16(22)21-10-9-13(11-21)23-15-8-7-14(18-19-15)20(3)4/h7-8,12-13H,5-6,9-11H2,1-4H3,(H,17,22). The molecule has 7 nitrogen and oxygen atoms in total. The number of nitrogens with one attached hydrogen (secondary N) is 1. The van der Waals surface area contributed by atoms with Gasteiger partial charge in [0.05, 0.1) is 6.54 Å². The summed E-state index contributed by atoms with van der Waals surface area (Å²) in [7, 11) is 3.83. The predicted molar refractivity (Wildman–Crippen MR) is 89.9 cm³/mol. The Morgan fingerprint density at radius 3 is 2.70 bits per heavy atom. The minimum atomic E-state index is -0.0260. The van der Waals surface area contributed by atoms with Crippen molar-refractivity contribution in [2.45, 2.75) is 45.3 Å². The first kappa shape index (κ1) is 17.3. The van der Waals surface area contributed by atoms with Crippen molar-refractivity contribution in [2.75, 3.05) is 32.1 Å². The number of rotatable bonds is 6. The summed E-state index contributed by atoms with van der Waals surface area (Å²) in [4.78, 5) is 15.9. The second-order valence-electron chi connectivity index (χ2n) is 6.06. The Morgan fingerprint density at radius 2 is 2.13 bits per heavy atom. The van der Waals surface area contributed by atoms with Gasteiger partial charge in [-0.2, -0.15) is 0 Å². The smallest absolute Gasteiger partial charge is 0.317 e. The number of likely N-dealkylation sites (tertiary alicyclic amines) is 1. The molecule has 0 aromatic carbocycles. The number of amides is 2. The van der Waals surface area contributed by atoms with Crippen LogP contribution in [0, 0.1) is 0 Å². The van der Waals surface area contributed by atoms with Gasteiger partial charge in [-0.25, -0.2) is 4.79 Å². The van der Waals surface area contributed by atoms with Gasteiger partial charge < -0.3 is 19.9 Å². The largest absolute Gasteiger partial charge is 0.471 e. The molecule has 1 saturated heterocycles. The van der Waals surface area contributed by atoms with E-state index in [0.29, 0.717) is 19.0 Å². The van der Waals surface area contributed by atoms with Crippen LogP contribution in [0.5, 0.6) is 5.88 Å². The van der Waals surface area contributed by atoms with Crippen LogP contribution in [0.25, 0.3) is 0 Å². The maximum atomic E-state index is 12.2. The fourth-order valence-electron chi connectivity index (χ4n) is 2.55. The van der Waals surface area contributed by atoms with E-state index in [2.05, 4.69) is 29.4 Å². The van der Waals surface area contributed by atoms with Crippen molar-refractivity contribution in [2.24, 2.45) is 0 Å². The molecule has 0 saturated carbocycles. The van der Waals surface area contributed by atoms with Gasteiger partial charge >= 0.3 is 6.03 Å². The SMILES string of the molecule is CCC(CC)NC(=O)N1CCC(Oc2ccc(N(C)C)nn2)C1. The molecule has 7 heteroatoms. The number of ether oxygens (including phenoxy) is 1. The average Bonchev–Trinajstić information content (AvgIpc) is 3.01. The first-order valence-corrected chi connectivity index (χ1v) is 8.26.